The van der Waals surface area contributed by atoms with Crippen LogP contribution in [0.4, 0.5) is 0 Å². The molecule has 4 heteroatoms. The van der Waals surface area contributed by atoms with Crippen LogP contribution in [-0.4, -0.2) is 46.3 Å². The summed E-state index contributed by atoms with van der Waals surface area (Å²) in [7, 11) is 0. The van der Waals surface area contributed by atoms with E-state index in [0.717, 1.165) is 12.1 Å². The molecule has 4 rings (SSSR count). The van der Waals surface area contributed by atoms with E-state index in [1.54, 1.807) is 0 Å². The number of hydrogen-bond acceptors (Lipinski definition) is 3. The van der Waals surface area contributed by atoms with Crippen LogP contribution in [0.1, 0.15) is 31.2 Å². The molecule has 2 saturated heterocycles. The van der Waals surface area contributed by atoms with E-state index in [0.29, 0.717) is 0 Å². The Kier molecular flexibility index (Phi) is 4.93. The Morgan fingerprint density at radius 1 is 1.26 bits per heavy atom. The van der Waals surface area contributed by atoms with Gasteiger partial charge in [0.1, 0.15) is 0 Å². The first kappa shape index (κ1) is 15.9. The Balaban J connectivity index is 1.54. The first-order chi connectivity index (χ1) is 11.3. The van der Waals surface area contributed by atoms with Crippen molar-refractivity contribution in [2.75, 3.05) is 24.3 Å². The molecule has 23 heavy (non-hydrogen) atoms. The molecule has 0 amide bonds. The van der Waals surface area contributed by atoms with Gasteiger partial charge < -0.3 is 4.98 Å². The van der Waals surface area contributed by atoms with Crippen LogP contribution in [0.3, 0.4) is 0 Å². The van der Waals surface area contributed by atoms with E-state index in [-0.39, 0.29) is 0 Å². The van der Waals surface area contributed by atoms with Gasteiger partial charge in [-0.1, -0.05) is 0 Å². The lowest BCUT2D eigenvalue weighted by atomic mass is 10.0. The molecule has 0 saturated carbocycles. The van der Waals surface area contributed by atoms with Gasteiger partial charge in [0, 0.05) is 34.1 Å². The number of likely N-dealkylation sites (tertiary alicyclic amines) is 1. The van der Waals surface area contributed by atoms with Gasteiger partial charge in [-0.05, 0) is 80.2 Å². The van der Waals surface area contributed by atoms with Crippen LogP contribution in [0.2, 0.25) is 0 Å². The molecule has 2 fully saturated rings. The van der Waals surface area contributed by atoms with E-state index < -0.39 is 0 Å². The van der Waals surface area contributed by atoms with Gasteiger partial charge in [-0.25, -0.2) is 0 Å². The fourth-order valence-electron chi connectivity index (χ4n) is 4.28. The second-order valence-corrected chi connectivity index (χ2v) is 8.91. The minimum Gasteiger partial charge on any atom is -0.361 e. The Morgan fingerprint density at radius 3 is 2.96 bits per heavy atom. The van der Waals surface area contributed by atoms with Crippen LogP contribution >= 0.6 is 23.5 Å². The van der Waals surface area contributed by atoms with Gasteiger partial charge in [0.15, 0.2) is 0 Å². The quantitative estimate of drug-likeness (QED) is 0.803. The third-order valence-corrected chi connectivity index (χ3v) is 7.29. The van der Waals surface area contributed by atoms with Crippen LogP contribution in [0, 0.1) is 0 Å². The van der Waals surface area contributed by atoms with Crippen molar-refractivity contribution in [2.45, 2.75) is 49.1 Å². The molecule has 0 spiro atoms. The maximum absolute atomic E-state index is 3.48. The summed E-state index contributed by atoms with van der Waals surface area (Å²) in [6.45, 7) is 1.32. The van der Waals surface area contributed by atoms with Crippen LogP contribution in [0.5, 0.6) is 0 Å². The van der Waals surface area contributed by atoms with Crippen molar-refractivity contribution in [3.05, 3.63) is 30.0 Å². The zero-order valence-corrected chi connectivity index (χ0v) is 15.5. The number of hydrogen-bond donors (Lipinski definition) is 1. The van der Waals surface area contributed by atoms with Gasteiger partial charge in [0.05, 0.1) is 0 Å². The summed E-state index contributed by atoms with van der Waals surface area (Å²) in [6, 6.07) is 8.41. The lowest BCUT2D eigenvalue weighted by Gasteiger charge is -2.35. The predicted molar refractivity (Wildman–Crippen MR) is 104 cm³/mol. The third-order valence-electron chi connectivity index (χ3n) is 5.51. The highest BCUT2D eigenvalue weighted by molar-refractivity contribution is 7.99. The average Bonchev–Trinajstić information content (AvgIpc) is 3.23. The first-order valence-electron chi connectivity index (χ1n) is 8.82. The molecule has 3 heterocycles. The molecule has 0 aliphatic carbocycles. The average molecular weight is 347 g/mol. The summed E-state index contributed by atoms with van der Waals surface area (Å²) >= 11 is 3.97. The lowest BCUT2D eigenvalue weighted by molar-refractivity contribution is 0.168. The van der Waals surface area contributed by atoms with Crippen molar-refractivity contribution in [2.24, 2.45) is 0 Å². The van der Waals surface area contributed by atoms with E-state index in [1.165, 1.54) is 71.5 Å². The molecular weight excluding hydrogens is 320 g/mol. The Hall–Kier alpha value is -0.580. The van der Waals surface area contributed by atoms with E-state index in [9.17, 15) is 0 Å². The normalized spacial score (nSPS) is 23.8. The SMILES string of the molecule is CSc1ccc2[nH]cc(C[C@H]3CCCN3C3CCSCC3)c2c1. The zero-order chi connectivity index (χ0) is 15.6. The number of aromatic amines is 1. The summed E-state index contributed by atoms with van der Waals surface area (Å²) in [6.07, 6.45) is 11.2. The summed E-state index contributed by atoms with van der Waals surface area (Å²) in [5.41, 5.74) is 2.80. The number of fused-ring (bicyclic) bond motifs is 1. The summed E-state index contributed by atoms with van der Waals surface area (Å²) < 4.78 is 0. The number of nitrogens with zero attached hydrogens (tertiary/aromatic N) is 1. The largest absolute Gasteiger partial charge is 0.361 e. The molecule has 0 radical (unpaired) electrons. The summed E-state index contributed by atoms with van der Waals surface area (Å²) in [5, 5.41) is 1.43. The molecule has 1 aromatic carbocycles. The third kappa shape index (κ3) is 3.31. The lowest BCUT2D eigenvalue weighted by Crippen LogP contribution is -2.42. The standard InChI is InChI=1S/C19H26N2S2/c1-22-17-4-5-19-18(12-17)14(13-20-19)11-16-3-2-8-21(16)15-6-9-23-10-7-15/h4-5,12-13,15-16,20H,2-3,6-11H2,1H3/t16-/m1/s1. The van der Waals surface area contributed by atoms with E-state index in [1.807, 2.05) is 11.8 Å². The number of H-pyrrole nitrogens is 1. The minimum absolute atomic E-state index is 0.750. The second kappa shape index (κ2) is 7.12. The number of rotatable bonds is 4. The van der Waals surface area contributed by atoms with Crippen LogP contribution in [0.25, 0.3) is 10.9 Å². The second-order valence-electron chi connectivity index (χ2n) is 6.81. The smallest absolute Gasteiger partial charge is 0.0457 e. The van der Waals surface area contributed by atoms with Crippen molar-refractivity contribution in [3.8, 4) is 0 Å². The maximum atomic E-state index is 3.48. The van der Waals surface area contributed by atoms with Crippen molar-refractivity contribution in [3.63, 3.8) is 0 Å². The Morgan fingerprint density at radius 2 is 2.13 bits per heavy atom. The molecule has 2 nitrogen and oxygen atoms in total. The molecular formula is C19H26N2S2. The van der Waals surface area contributed by atoms with Gasteiger partial charge in [0.25, 0.3) is 0 Å². The van der Waals surface area contributed by atoms with Gasteiger partial charge in [-0.3, -0.25) is 4.90 Å². The Labute approximate surface area is 147 Å². The number of benzene rings is 1. The maximum Gasteiger partial charge on any atom is 0.0457 e. The number of thioether (sulfide) groups is 2. The molecule has 2 aliphatic rings. The fourth-order valence-corrected chi connectivity index (χ4v) is 5.80. The molecule has 2 aliphatic heterocycles. The van der Waals surface area contributed by atoms with Gasteiger partial charge in [0.2, 0.25) is 0 Å². The van der Waals surface area contributed by atoms with Crippen LogP contribution in [0.15, 0.2) is 29.3 Å². The van der Waals surface area contributed by atoms with E-state index >= 15 is 0 Å². The molecule has 0 unspecified atom stereocenters. The van der Waals surface area contributed by atoms with Crippen LogP contribution < -0.4 is 0 Å². The van der Waals surface area contributed by atoms with Gasteiger partial charge in [-0.2, -0.15) is 11.8 Å². The number of nitrogens with one attached hydrogen (secondary N) is 1. The monoisotopic (exact) mass is 346 g/mol. The van der Waals surface area contributed by atoms with Crippen molar-refractivity contribution < 1.29 is 0 Å². The molecule has 124 valence electrons. The first-order valence-corrected chi connectivity index (χ1v) is 11.2. The van der Waals surface area contributed by atoms with Gasteiger partial charge >= 0.3 is 0 Å². The Bertz CT molecular complexity index is 660. The topological polar surface area (TPSA) is 19.0 Å². The summed E-state index contributed by atoms with van der Waals surface area (Å²) in [4.78, 5) is 7.69. The fraction of sp³-hybridized carbons (Fsp3) is 0.579. The minimum atomic E-state index is 0.750. The highest BCUT2D eigenvalue weighted by atomic mass is 32.2. The van der Waals surface area contributed by atoms with Crippen molar-refractivity contribution in [1.29, 1.82) is 0 Å². The summed E-state index contributed by atoms with van der Waals surface area (Å²) in [5.74, 6) is 2.72. The van der Waals surface area contributed by atoms with Crippen molar-refractivity contribution >= 4 is 34.4 Å². The predicted octanol–water partition coefficient (Wildman–Crippen LogP) is 4.79. The zero-order valence-electron chi connectivity index (χ0n) is 13.9. The highest BCUT2D eigenvalue weighted by Gasteiger charge is 2.31. The molecule has 1 N–H and O–H groups in total. The molecule has 1 aromatic heterocycles. The van der Waals surface area contributed by atoms with E-state index in [2.05, 4.69) is 52.3 Å². The van der Waals surface area contributed by atoms with Crippen LogP contribution in [-0.2, 0) is 6.42 Å². The molecule has 2 aromatic rings. The number of aromatic nitrogens is 1. The van der Waals surface area contributed by atoms with Gasteiger partial charge in [-0.15, -0.1) is 11.8 Å². The van der Waals surface area contributed by atoms with Crippen molar-refractivity contribution in [1.82, 2.24) is 9.88 Å². The van der Waals surface area contributed by atoms with E-state index in [4.69, 9.17) is 0 Å². The molecule has 0 bridgehead atoms. The highest BCUT2D eigenvalue weighted by Crippen LogP contribution is 2.32. The molecule has 1 atom stereocenters.